The second-order valence-corrected chi connectivity index (χ2v) is 5.90. The number of hydrogen-bond donors (Lipinski definition) is 1. The Morgan fingerprint density at radius 1 is 1.12 bits per heavy atom. The summed E-state index contributed by atoms with van der Waals surface area (Å²) < 4.78 is 6.78. The van der Waals surface area contributed by atoms with Crippen LogP contribution in [-0.2, 0) is 5.54 Å². The molecule has 0 aromatic heterocycles. The molecule has 1 aliphatic rings. The predicted molar refractivity (Wildman–Crippen MR) is 74.6 cm³/mol. The minimum absolute atomic E-state index is 0.184. The topological polar surface area (TPSA) is 35.2 Å². The van der Waals surface area contributed by atoms with Crippen LogP contribution in [0, 0.1) is 20.8 Å². The van der Waals surface area contributed by atoms with Crippen LogP contribution in [0.3, 0.4) is 0 Å². The molecule has 1 aromatic rings. The van der Waals surface area contributed by atoms with Gasteiger partial charge in [-0.15, -0.1) is 0 Å². The van der Waals surface area contributed by atoms with E-state index in [1.54, 1.807) is 7.11 Å². The van der Waals surface area contributed by atoms with Crippen LogP contribution in [0.25, 0.3) is 0 Å². The van der Waals surface area contributed by atoms with Crippen LogP contribution in [0.15, 0.2) is 4.47 Å². The summed E-state index contributed by atoms with van der Waals surface area (Å²) in [6, 6.07) is 0. The second-order valence-electron chi connectivity index (χ2n) is 5.11. The Hall–Kier alpha value is -0.540. The summed E-state index contributed by atoms with van der Waals surface area (Å²) in [6.45, 7) is 6.34. The summed E-state index contributed by atoms with van der Waals surface area (Å²) in [6.07, 6.45) is 3.32. The Balaban J connectivity index is 2.72. The Kier molecular flexibility index (Phi) is 3.25. The summed E-state index contributed by atoms with van der Waals surface area (Å²) in [5.41, 5.74) is 11.2. The van der Waals surface area contributed by atoms with Gasteiger partial charge in [0.05, 0.1) is 7.11 Å². The van der Waals surface area contributed by atoms with Crippen LogP contribution in [-0.4, -0.2) is 7.11 Å². The van der Waals surface area contributed by atoms with Gasteiger partial charge in [-0.3, -0.25) is 0 Å². The molecule has 1 saturated carbocycles. The molecule has 0 unspecified atom stereocenters. The van der Waals surface area contributed by atoms with Crippen molar-refractivity contribution >= 4 is 15.9 Å². The predicted octanol–water partition coefficient (Wildman–Crippen LogP) is 3.72. The molecule has 17 heavy (non-hydrogen) atoms. The summed E-state index contributed by atoms with van der Waals surface area (Å²) in [4.78, 5) is 0. The van der Waals surface area contributed by atoms with Gasteiger partial charge in [0.1, 0.15) is 5.75 Å². The molecule has 2 nitrogen and oxygen atoms in total. The molecule has 3 heteroatoms. The molecular weight excluding hydrogens is 278 g/mol. The van der Waals surface area contributed by atoms with Crippen LogP contribution in [0.2, 0.25) is 0 Å². The first-order valence-electron chi connectivity index (χ1n) is 6.05. The van der Waals surface area contributed by atoms with E-state index < -0.39 is 0 Å². The maximum atomic E-state index is 6.49. The van der Waals surface area contributed by atoms with Crippen molar-refractivity contribution in [1.82, 2.24) is 0 Å². The van der Waals surface area contributed by atoms with E-state index in [2.05, 4.69) is 36.7 Å². The van der Waals surface area contributed by atoms with Crippen LogP contribution in [0.4, 0.5) is 0 Å². The lowest BCUT2D eigenvalue weighted by Crippen LogP contribution is -2.44. The summed E-state index contributed by atoms with van der Waals surface area (Å²) >= 11 is 3.68. The summed E-state index contributed by atoms with van der Waals surface area (Å²) in [5, 5.41) is 0. The average Bonchev–Trinajstić information content (AvgIpc) is 2.28. The molecule has 0 bridgehead atoms. The minimum atomic E-state index is -0.184. The highest BCUT2D eigenvalue weighted by atomic mass is 79.9. The Labute approximate surface area is 112 Å². The van der Waals surface area contributed by atoms with Crippen LogP contribution < -0.4 is 10.5 Å². The number of hydrogen-bond acceptors (Lipinski definition) is 2. The van der Waals surface area contributed by atoms with Crippen LogP contribution >= 0.6 is 15.9 Å². The van der Waals surface area contributed by atoms with Gasteiger partial charge in [0, 0.05) is 15.6 Å². The van der Waals surface area contributed by atoms with E-state index in [9.17, 15) is 0 Å². The molecule has 0 amide bonds. The standard InChI is InChI=1S/C14H20BrNO/c1-8-9(2)13(17-4)11(10(3)12(8)15)14(16)6-5-7-14/h5-7,16H2,1-4H3. The van der Waals surface area contributed by atoms with Crippen molar-refractivity contribution in [1.29, 1.82) is 0 Å². The Morgan fingerprint density at radius 2 is 1.71 bits per heavy atom. The number of ether oxygens (including phenoxy) is 1. The van der Waals surface area contributed by atoms with Crippen molar-refractivity contribution in [3.05, 3.63) is 26.7 Å². The highest BCUT2D eigenvalue weighted by Gasteiger charge is 2.39. The van der Waals surface area contributed by atoms with Gasteiger partial charge in [0.2, 0.25) is 0 Å². The van der Waals surface area contributed by atoms with Crippen molar-refractivity contribution in [3.63, 3.8) is 0 Å². The number of methoxy groups -OCH3 is 1. The van der Waals surface area contributed by atoms with Crippen molar-refractivity contribution in [2.24, 2.45) is 5.73 Å². The molecule has 2 N–H and O–H groups in total. The third-order valence-electron chi connectivity index (χ3n) is 4.11. The van der Waals surface area contributed by atoms with Gasteiger partial charge in [-0.1, -0.05) is 15.9 Å². The van der Waals surface area contributed by atoms with Crippen molar-refractivity contribution in [2.75, 3.05) is 7.11 Å². The minimum Gasteiger partial charge on any atom is -0.496 e. The van der Waals surface area contributed by atoms with E-state index in [1.165, 1.54) is 33.1 Å². The normalized spacial score (nSPS) is 17.8. The second kappa shape index (κ2) is 4.29. The van der Waals surface area contributed by atoms with Crippen LogP contribution in [0.1, 0.15) is 41.5 Å². The van der Waals surface area contributed by atoms with E-state index >= 15 is 0 Å². The molecule has 0 saturated heterocycles. The lowest BCUT2D eigenvalue weighted by atomic mass is 9.70. The average molecular weight is 298 g/mol. The van der Waals surface area contributed by atoms with E-state index in [1.807, 2.05) is 0 Å². The molecular formula is C14H20BrNO. The van der Waals surface area contributed by atoms with E-state index in [4.69, 9.17) is 10.5 Å². The fraction of sp³-hybridized carbons (Fsp3) is 0.571. The molecule has 94 valence electrons. The zero-order chi connectivity index (χ0) is 12.8. The molecule has 0 heterocycles. The SMILES string of the molecule is COc1c(C)c(C)c(Br)c(C)c1C1(N)CCC1. The quantitative estimate of drug-likeness (QED) is 0.903. The number of benzene rings is 1. The maximum Gasteiger partial charge on any atom is 0.127 e. The van der Waals surface area contributed by atoms with Crippen molar-refractivity contribution in [2.45, 2.75) is 45.6 Å². The first-order valence-corrected chi connectivity index (χ1v) is 6.84. The highest BCUT2D eigenvalue weighted by molar-refractivity contribution is 9.10. The fourth-order valence-electron chi connectivity index (χ4n) is 2.75. The van der Waals surface area contributed by atoms with Gasteiger partial charge in [0.15, 0.2) is 0 Å². The third kappa shape index (κ3) is 1.80. The van der Waals surface area contributed by atoms with E-state index in [-0.39, 0.29) is 5.54 Å². The van der Waals surface area contributed by atoms with E-state index in [0.29, 0.717) is 0 Å². The molecule has 1 fully saturated rings. The Bertz CT molecular complexity index is 464. The fourth-order valence-corrected chi connectivity index (χ4v) is 3.24. The lowest BCUT2D eigenvalue weighted by Gasteiger charge is -2.41. The zero-order valence-electron chi connectivity index (χ0n) is 11.0. The first kappa shape index (κ1) is 12.9. The summed E-state index contributed by atoms with van der Waals surface area (Å²) in [5.74, 6) is 0.977. The van der Waals surface area contributed by atoms with Crippen LogP contribution in [0.5, 0.6) is 5.75 Å². The lowest BCUT2D eigenvalue weighted by molar-refractivity contribution is 0.242. The van der Waals surface area contributed by atoms with Gasteiger partial charge in [-0.05, 0) is 56.7 Å². The molecule has 1 aliphatic carbocycles. The van der Waals surface area contributed by atoms with Crippen molar-refractivity contribution < 1.29 is 4.74 Å². The van der Waals surface area contributed by atoms with Gasteiger partial charge >= 0.3 is 0 Å². The monoisotopic (exact) mass is 297 g/mol. The third-order valence-corrected chi connectivity index (χ3v) is 5.30. The largest absolute Gasteiger partial charge is 0.496 e. The number of nitrogens with two attached hydrogens (primary N) is 1. The first-order chi connectivity index (χ1) is 7.92. The zero-order valence-corrected chi connectivity index (χ0v) is 12.6. The number of halogens is 1. The molecule has 0 atom stereocenters. The molecule has 0 radical (unpaired) electrons. The Morgan fingerprint density at radius 3 is 2.12 bits per heavy atom. The van der Waals surface area contributed by atoms with E-state index in [0.717, 1.165) is 18.6 Å². The smallest absolute Gasteiger partial charge is 0.127 e. The van der Waals surface area contributed by atoms with Gasteiger partial charge < -0.3 is 10.5 Å². The molecule has 0 aliphatic heterocycles. The van der Waals surface area contributed by atoms with Gasteiger partial charge in [-0.2, -0.15) is 0 Å². The van der Waals surface area contributed by atoms with Crippen molar-refractivity contribution in [3.8, 4) is 5.75 Å². The molecule has 1 aromatic carbocycles. The van der Waals surface area contributed by atoms with Gasteiger partial charge in [-0.25, -0.2) is 0 Å². The van der Waals surface area contributed by atoms with Gasteiger partial charge in [0.25, 0.3) is 0 Å². The highest BCUT2D eigenvalue weighted by Crippen LogP contribution is 2.48. The molecule has 2 rings (SSSR count). The number of rotatable bonds is 2. The summed E-state index contributed by atoms with van der Waals surface area (Å²) in [7, 11) is 1.74. The molecule has 0 spiro atoms. The maximum absolute atomic E-state index is 6.49.